The average Bonchev–Trinajstić information content (AvgIpc) is 2.76. The Morgan fingerprint density at radius 2 is 0.893 bits per heavy atom. The van der Waals surface area contributed by atoms with Crippen molar-refractivity contribution in [3.8, 4) is 11.5 Å². The van der Waals surface area contributed by atoms with E-state index in [1.165, 1.54) is 34.1 Å². The molecule has 0 fully saturated rings. The summed E-state index contributed by atoms with van der Waals surface area (Å²) >= 11 is 6.06. The van der Waals surface area contributed by atoms with Gasteiger partial charge in [0.15, 0.2) is 11.5 Å². The summed E-state index contributed by atoms with van der Waals surface area (Å²) in [5.41, 5.74) is 2.71. The molecule has 0 N–H and O–H groups in total. The van der Waals surface area contributed by atoms with Gasteiger partial charge in [0.25, 0.3) is 0 Å². The van der Waals surface area contributed by atoms with Gasteiger partial charge in [0.1, 0.15) is 13.2 Å². The topological polar surface area (TPSA) is 46.2 Å². The molecule has 158 valence electrons. The second kappa shape index (κ2) is 13.9. The van der Waals surface area contributed by atoms with Crippen molar-refractivity contribution in [2.45, 2.75) is 11.5 Å². The van der Waals surface area contributed by atoms with Crippen molar-refractivity contribution in [3.05, 3.63) is 23.3 Å². The van der Waals surface area contributed by atoms with Gasteiger partial charge < -0.3 is 23.7 Å². The van der Waals surface area contributed by atoms with Gasteiger partial charge in [-0.15, -0.1) is 0 Å². The second-order valence-corrected chi connectivity index (χ2v) is 9.75. The van der Waals surface area contributed by atoms with Gasteiger partial charge in [0.05, 0.1) is 39.6 Å². The van der Waals surface area contributed by atoms with Crippen LogP contribution in [0.3, 0.4) is 0 Å². The smallest absolute Gasteiger partial charge is 0.161 e. The van der Waals surface area contributed by atoms with Crippen LogP contribution >= 0.6 is 35.3 Å². The standard InChI is InChI=1S/C20H30O5S3/c1-3-22-5-7-24-19-13-17-15-27-11-9-26-10-12-28-16-18(17)14-20(19)25-8-6-23-4-2-21-1/h13-14H,1-12,15-16H2. The SMILES string of the molecule is c1c2c(cc3c1OCCOCCOCCOCCO3)CSCCSCCSC2. The molecule has 5 nitrogen and oxygen atoms in total. The highest BCUT2D eigenvalue weighted by molar-refractivity contribution is 8.04. The maximum absolute atomic E-state index is 6.03. The van der Waals surface area contributed by atoms with E-state index in [-0.39, 0.29) is 0 Å². The van der Waals surface area contributed by atoms with Crippen LogP contribution in [-0.2, 0) is 25.7 Å². The third kappa shape index (κ3) is 8.24. The fraction of sp³-hybridized carbons (Fsp3) is 0.700. The number of hydrogen-bond donors (Lipinski definition) is 0. The van der Waals surface area contributed by atoms with Gasteiger partial charge in [-0.25, -0.2) is 0 Å². The molecule has 0 aliphatic carbocycles. The van der Waals surface area contributed by atoms with Crippen molar-refractivity contribution in [1.29, 1.82) is 0 Å². The molecule has 0 unspecified atom stereocenters. The monoisotopic (exact) mass is 446 g/mol. The first-order chi connectivity index (χ1) is 13.9. The van der Waals surface area contributed by atoms with E-state index in [4.69, 9.17) is 23.7 Å². The number of benzene rings is 1. The second-order valence-electron chi connectivity index (χ2n) is 6.32. The molecule has 1 aromatic carbocycles. The highest BCUT2D eigenvalue weighted by Crippen LogP contribution is 2.35. The van der Waals surface area contributed by atoms with Crippen molar-refractivity contribution in [2.24, 2.45) is 0 Å². The van der Waals surface area contributed by atoms with E-state index in [1.54, 1.807) is 0 Å². The van der Waals surface area contributed by atoms with Gasteiger partial charge in [-0.2, -0.15) is 35.3 Å². The molecule has 2 aliphatic rings. The van der Waals surface area contributed by atoms with E-state index in [2.05, 4.69) is 23.9 Å². The Labute approximate surface area is 180 Å². The molecule has 0 aromatic heterocycles. The Bertz CT molecular complexity index is 526. The van der Waals surface area contributed by atoms with Crippen LogP contribution in [0.2, 0.25) is 0 Å². The first-order valence-electron chi connectivity index (χ1n) is 9.81. The van der Waals surface area contributed by atoms with Gasteiger partial charge in [-0.1, -0.05) is 0 Å². The molecule has 2 aliphatic heterocycles. The molecule has 28 heavy (non-hydrogen) atoms. The first-order valence-corrected chi connectivity index (χ1v) is 13.3. The molecule has 2 heterocycles. The quantitative estimate of drug-likeness (QED) is 0.598. The Balaban J connectivity index is 1.72. The van der Waals surface area contributed by atoms with Crippen molar-refractivity contribution in [1.82, 2.24) is 0 Å². The lowest BCUT2D eigenvalue weighted by molar-refractivity contribution is 0.00708. The average molecular weight is 447 g/mol. The minimum atomic E-state index is 0.504. The fourth-order valence-corrected chi connectivity index (χ4v) is 6.16. The molecular weight excluding hydrogens is 416 g/mol. The zero-order chi connectivity index (χ0) is 19.3. The summed E-state index contributed by atoms with van der Waals surface area (Å²) in [6, 6.07) is 4.34. The molecule has 0 saturated carbocycles. The third-order valence-electron chi connectivity index (χ3n) is 4.24. The third-order valence-corrected chi connectivity index (χ3v) is 7.76. The highest BCUT2D eigenvalue weighted by Gasteiger charge is 2.14. The van der Waals surface area contributed by atoms with Crippen molar-refractivity contribution >= 4 is 35.3 Å². The van der Waals surface area contributed by atoms with Crippen molar-refractivity contribution in [2.75, 3.05) is 75.9 Å². The predicted molar refractivity (Wildman–Crippen MR) is 120 cm³/mol. The number of hydrogen-bond acceptors (Lipinski definition) is 8. The Morgan fingerprint density at radius 1 is 0.500 bits per heavy atom. The van der Waals surface area contributed by atoms with E-state index in [0.29, 0.717) is 52.9 Å². The summed E-state index contributed by atoms with van der Waals surface area (Å²) in [7, 11) is 0. The maximum Gasteiger partial charge on any atom is 0.161 e. The zero-order valence-corrected chi connectivity index (χ0v) is 18.8. The van der Waals surface area contributed by atoms with E-state index in [1.807, 2.05) is 23.5 Å². The molecule has 3 rings (SSSR count). The van der Waals surface area contributed by atoms with Crippen LogP contribution < -0.4 is 9.47 Å². The summed E-state index contributed by atoms with van der Waals surface area (Å²) in [6.07, 6.45) is 0. The molecular formula is C20H30O5S3. The van der Waals surface area contributed by atoms with Crippen LogP contribution in [0.15, 0.2) is 12.1 Å². The molecule has 0 saturated heterocycles. The van der Waals surface area contributed by atoms with Gasteiger partial charge in [0.2, 0.25) is 0 Å². The molecule has 0 atom stereocenters. The molecule has 0 amide bonds. The molecule has 0 radical (unpaired) electrons. The number of ether oxygens (including phenoxy) is 5. The summed E-state index contributed by atoms with van der Waals surface area (Å²) in [4.78, 5) is 0. The normalized spacial score (nSPS) is 21.4. The molecule has 0 bridgehead atoms. The van der Waals surface area contributed by atoms with Crippen LogP contribution in [-0.4, -0.2) is 75.9 Å². The van der Waals surface area contributed by atoms with Gasteiger partial charge >= 0.3 is 0 Å². The lowest BCUT2D eigenvalue weighted by Gasteiger charge is -2.17. The van der Waals surface area contributed by atoms with Crippen molar-refractivity contribution in [3.63, 3.8) is 0 Å². The number of thioether (sulfide) groups is 3. The van der Waals surface area contributed by atoms with Crippen LogP contribution in [0.25, 0.3) is 0 Å². The van der Waals surface area contributed by atoms with Crippen LogP contribution in [0.5, 0.6) is 11.5 Å². The van der Waals surface area contributed by atoms with Gasteiger partial charge in [-0.05, 0) is 23.3 Å². The van der Waals surface area contributed by atoms with Crippen LogP contribution in [0.1, 0.15) is 11.1 Å². The molecule has 0 spiro atoms. The molecule has 8 heteroatoms. The Hall–Kier alpha value is -0.250. The summed E-state index contributed by atoms with van der Waals surface area (Å²) in [5.74, 6) is 8.49. The van der Waals surface area contributed by atoms with E-state index >= 15 is 0 Å². The fourth-order valence-electron chi connectivity index (χ4n) is 2.80. The minimum absolute atomic E-state index is 0.504. The van der Waals surface area contributed by atoms with Crippen LogP contribution in [0, 0.1) is 0 Å². The largest absolute Gasteiger partial charge is 0.487 e. The van der Waals surface area contributed by atoms with E-state index in [9.17, 15) is 0 Å². The van der Waals surface area contributed by atoms with Gasteiger partial charge in [-0.3, -0.25) is 0 Å². The summed E-state index contributed by atoms with van der Waals surface area (Å²) in [6.45, 7) is 4.39. The lowest BCUT2D eigenvalue weighted by Crippen LogP contribution is -2.13. The zero-order valence-electron chi connectivity index (χ0n) is 16.3. The van der Waals surface area contributed by atoms with Gasteiger partial charge in [0, 0.05) is 34.5 Å². The minimum Gasteiger partial charge on any atom is -0.487 e. The summed E-state index contributed by atoms with van der Waals surface area (Å²) < 4.78 is 28.7. The number of rotatable bonds is 0. The highest BCUT2D eigenvalue weighted by atomic mass is 32.2. The lowest BCUT2D eigenvalue weighted by atomic mass is 10.1. The van der Waals surface area contributed by atoms with E-state index < -0.39 is 0 Å². The van der Waals surface area contributed by atoms with Crippen molar-refractivity contribution < 1.29 is 23.7 Å². The predicted octanol–water partition coefficient (Wildman–Crippen LogP) is 3.72. The van der Waals surface area contributed by atoms with Crippen LogP contribution in [0.4, 0.5) is 0 Å². The first kappa shape index (κ1) is 22.4. The Kier molecular flexibility index (Phi) is 11.1. The Morgan fingerprint density at radius 3 is 1.36 bits per heavy atom. The molecule has 1 aromatic rings. The number of fused-ring (bicyclic) bond motifs is 2. The van der Waals surface area contributed by atoms with E-state index in [0.717, 1.165) is 23.0 Å². The summed E-state index contributed by atoms with van der Waals surface area (Å²) in [5, 5.41) is 0. The maximum atomic E-state index is 6.03.